The Hall–Kier alpha value is -3.65. The summed E-state index contributed by atoms with van der Waals surface area (Å²) in [5, 5.41) is 3.53. The standard InChI is InChI=1S/C17H29N5O2.C9H18N2O2.C8H12ClN3/c1-11(2)7-14-19-13(18)8-15(20-14)22-9-12(10-22)21(6)16(23)24-17(3,4)5;1-9(2,3)13-8(12)11(4)7-5-10-6-7;1-5(2)3-8-11-6(9)4-7(10)12-8/h8,11-12H,7,9-10H2,1-6H3,(H2,18,19,20);7,10H,5-6H2,1-4H3;4-5H,3H2,1-2H3,(H2,10,11,12). The van der Waals surface area contributed by atoms with Crippen molar-refractivity contribution >= 4 is 41.2 Å². The lowest BCUT2D eigenvalue weighted by Gasteiger charge is -2.44. The van der Waals surface area contributed by atoms with Crippen LogP contribution in [0.25, 0.3) is 0 Å². The zero-order valence-electron chi connectivity index (χ0n) is 31.5. The molecule has 0 aromatic carbocycles. The van der Waals surface area contributed by atoms with E-state index in [9.17, 15) is 9.59 Å². The summed E-state index contributed by atoms with van der Waals surface area (Å²) in [5.74, 6) is 4.22. The molecule has 5 N–H and O–H groups in total. The highest BCUT2D eigenvalue weighted by molar-refractivity contribution is 6.29. The van der Waals surface area contributed by atoms with Crippen LogP contribution in [0.4, 0.5) is 27.0 Å². The van der Waals surface area contributed by atoms with Gasteiger partial charge in [0, 0.05) is 65.2 Å². The number of nitrogens with two attached hydrogens (primary N) is 2. The Balaban J connectivity index is 0.000000281. The molecule has 4 heterocycles. The fourth-order valence-electron chi connectivity index (χ4n) is 4.46. The van der Waals surface area contributed by atoms with Gasteiger partial charge in [0.05, 0.1) is 12.1 Å². The first kappa shape index (κ1) is 41.5. The SMILES string of the molecule is CC(C)Cc1nc(N)cc(Cl)n1.CC(C)Cc1nc(N)cc(N2CC(N(C)C(=O)OC(C)(C)C)C2)n1.CN(C(=O)OC(C)(C)C)C1CNC1. The van der Waals surface area contributed by atoms with E-state index in [1.165, 1.54) is 0 Å². The smallest absolute Gasteiger partial charge is 0.410 e. The zero-order chi connectivity index (χ0) is 37.3. The minimum atomic E-state index is -0.484. The summed E-state index contributed by atoms with van der Waals surface area (Å²) in [6, 6.07) is 3.75. The lowest BCUT2D eigenvalue weighted by atomic mass is 10.1. The van der Waals surface area contributed by atoms with Crippen LogP contribution < -0.4 is 21.7 Å². The van der Waals surface area contributed by atoms with E-state index in [-0.39, 0.29) is 18.2 Å². The molecular formula is C34H59ClN10O4. The number of carbonyl (C=O) groups excluding carboxylic acids is 2. The van der Waals surface area contributed by atoms with Gasteiger partial charge in [-0.3, -0.25) is 0 Å². The number of likely N-dealkylation sites (N-methyl/N-ethyl adjacent to an activating group) is 2. The number of hydrogen-bond acceptors (Lipinski definition) is 12. The monoisotopic (exact) mass is 706 g/mol. The number of carbonyl (C=O) groups is 2. The third-order valence-electron chi connectivity index (χ3n) is 7.13. The normalized spacial score (nSPS) is 14.9. The molecule has 0 spiro atoms. The number of ether oxygens (including phenoxy) is 2. The number of amides is 2. The Morgan fingerprint density at radius 3 is 1.63 bits per heavy atom. The van der Waals surface area contributed by atoms with Crippen molar-refractivity contribution < 1.29 is 19.1 Å². The molecule has 0 radical (unpaired) electrons. The summed E-state index contributed by atoms with van der Waals surface area (Å²) >= 11 is 5.70. The topological polar surface area (TPSA) is 178 Å². The molecule has 14 nitrogen and oxygen atoms in total. The summed E-state index contributed by atoms with van der Waals surface area (Å²) in [7, 11) is 3.55. The molecule has 0 aliphatic carbocycles. The Bertz CT molecular complexity index is 1350. The molecule has 0 saturated carbocycles. The van der Waals surface area contributed by atoms with Gasteiger partial charge in [0.25, 0.3) is 0 Å². The number of aromatic nitrogens is 4. The van der Waals surface area contributed by atoms with Crippen molar-refractivity contribution in [1.29, 1.82) is 0 Å². The van der Waals surface area contributed by atoms with Crippen LogP contribution in [0.3, 0.4) is 0 Å². The van der Waals surface area contributed by atoms with E-state index in [0.29, 0.717) is 47.8 Å². The first-order chi connectivity index (χ1) is 22.5. The second-order valence-corrected chi connectivity index (χ2v) is 15.7. The van der Waals surface area contributed by atoms with Crippen LogP contribution in [0.5, 0.6) is 0 Å². The highest BCUT2D eigenvalue weighted by Crippen LogP contribution is 2.24. The Kier molecular flexibility index (Phi) is 15.1. The molecule has 276 valence electrons. The average Bonchev–Trinajstić information content (AvgIpc) is 2.83. The summed E-state index contributed by atoms with van der Waals surface area (Å²) in [6.45, 7) is 22.8. The molecule has 2 saturated heterocycles. The van der Waals surface area contributed by atoms with Crippen molar-refractivity contribution in [3.05, 3.63) is 28.9 Å². The van der Waals surface area contributed by atoms with Crippen LogP contribution in [0.1, 0.15) is 80.9 Å². The molecule has 0 atom stereocenters. The Morgan fingerprint density at radius 2 is 1.24 bits per heavy atom. The molecule has 49 heavy (non-hydrogen) atoms. The highest BCUT2D eigenvalue weighted by Gasteiger charge is 2.35. The van der Waals surface area contributed by atoms with Gasteiger partial charge in [0.2, 0.25) is 0 Å². The van der Waals surface area contributed by atoms with Crippen molar-refractivity contribution in [2.75, 3.05) is 56.6 Å². The van der Waals surface area contributed by atoms with E-state index in [1.807, 2.05) is 41.5 Å². The summed E-state index contributed by atoms with van der Waals surface area (Å²) in [4.78, 5) is 46.0. The minimum absolute atomic E-state index is 0.115. The van der Waals surface area contributed by atoms with Crippen LogP contribution in [-0.2, 0) is 22.3 Å². The maximum Gasteiger partial charge on any atom is 0.410 e. The van der Waals surface area contributed by atoms with Gasteiger partial charge in [-0.2, -0.15) is 0 Å². The predicted molar refractivity (Wildman–Crippen MR) is 196 cm³/mol. The fraction of sp³-hybridized carbons (Fsp3) is 0.706. The van der Waals surface area contributed by atoms with E-state index >= 15 is 0 Å². The van der Waals surface area contributed by atoms with Gasteiger partial charge < -0.3 is 41.0 Å². The molecule has 2 amide bonds. The van der Waals surface area contributed by atoms with Crippen LogP contribution in [-0.4, -0.2) is 105 Å². The third-order valence-corrected chi connectivity index (χ3v) is 7.32. The number of nitrogens with zero attached hydrogens (tertiary/aromatic N) is 7. The molecular weight excluding hydrogens is 648 g/mol. The molecule has 2 fully saturated rings. The van der Waals surface area contributed by atoms with Crippen molar-refractivity contribution in [1.82, 2.24) is 35.1 Å². The van der Waals surface area contributed by atoms with Crippen molar-refractivity contribution in [3.63, 3.8) is 0 Å². The van der Waals surface area contributed by atoms with E-state index in [1.54, 1.807) is 36.0 Å². The second-order valence-electron chi connectivity index (χ2n) is 15.3. The van der Waals surface area contributed by atoms with Crippen molar-refractivity contribution in [3.8, 4) is 0 Å². The van der Waals surface area contributed by atoms with Gasteiger partial charge in [-0.05, 0) is 53.4 Å². The van der Waals surface area contributed by atoms with Gasteiger partial charge >= 0.3 is 12.2 Å². The number of anilines is 3. The van der Waals surface area contributed by atoms with Gasteiger partial charge in [0.15, 0.2) is 0 Å². The summed E-state index contributed by atoms with van der Waals surface area (Å²) < 4.78 is 10.6. The van der Waals surface area contributed by atoms with Crippen LogP contribution in [0.15, 0.2) is 12.1 Å². The predicted octanol–water partition coefficient (Wildman–Crippen LogP) is 5.05. The summed E-state index contributed by atoms with van der Waals surface area (Å²) in [5.41, 5.74) is 10.5. The van der Waals surface area contributed by atoms with Gasteiger partial charge in [-0.15, -0.1) is 0 Å². The largest absolute Gasteiger partial charge is 0.444 e. The van der Waals surface area contributed by atoms with Crippen molar-refractivity contribution in [2.24, 2.45) is 11.8 Å². The number of rotatable bonds is 7. The van der Waals surface area contributed by atoms with E-state index in [4.69, 9.17) is 32.5 Å². The van der Waals surface area contributed by atoms with E-state index in [2.05, 4.69) is 57.8 Å². The van der Waals surface area contributed by atoms with Crippen LogP contribution in [0, 0.1) is 11.8 Å². The molecule has 2 aromatic rings. The quantitative estimate of drug-likeness (QED) is 0.327. The lowest BCUT2D eigenvalue weighted by molar-refractivity contribution is 0.0170. The minimum Gasteiger partial charge on any atom is -0.444 e. The number of halogens is 1. The maximum absolute atomic E-state index is 12.1. The van der Waals surface area contributed by atoms with Gasteiger partial charge in [-0.25, -0.2) is 29.5 Å². The highest BCUT2D eigenvalue weighted by atomic mass is 35.5. The average molecular weight is 707 g/mol. The first-order valence-corrected chi connectivity index (χ1v) is 17.2. The van der Waals surface area contributed by atoms with Gasteiger partial charge in [0.1, 0.15) is 45.5 Å². The second kappa shape index (κ2) is 17.8. The van der Waals surface area contributed by atoms with Crippen LogP contribution in [0.2, 0.25) is 5.15 Å². The number of hydrogen-bond donors (Lipinski definition) is 3. The van der Waals surface area contributed by atoms with Gasteiger partial charge in [-0.1, -0.05) is 39.3 Å². The van der Waals surface area contributed by atoms with Crippen LogP contribution >= 0.6 is 11.6 Å². The molecule has 2 aliphatic rings. The fourth-order valence-corrected chi connectivity index (χ4v) is 4.67. The van der Waals surface area contributed by atoms with E-state index in [0.717, 1.165) is 43.4 Å². The molecule has 0 bridgehead atoms. The Labute approximate surface area is 297 Å². The molecule has 0 unspecified atom stereocenters. The third kappa shape index (κ3) is 15.2. The zero-order valence-corrected chi connectivity index (χ0v) is 32.3. The molecule has 15 heteroatoms. The van der Waals surface area contributed by atoms with Crippen molar-refractivity contribution in [2.45, 2.75) is 105 Å². The molecule has 4 rings (SSSR count). The maximum atomic E-state index is 12.1. The molecule has 2 aromatic heterocycles. The number of nitrogens with one attached hydrogen (secondary N) is 1. The first-order valence-electron chi connectivity index (χ1n) is 16.8. The lowest BCUT2D eigenvalue weighted by Crippen LogP contribution is -2.60. The van der Waals surface area contributed by atoms with E-state index < -0.39 is 11.2 Å². The molecule has 2 aliphatic heterocycles. The Morgan fingerprint density at radius 1 is 0.816 bits per heavy atom. The number of nitrogen functional groups attached to an aromatic ring is 2. The summed E-state index contributed by atoms with van der Waals surface area (Å²) in [6.07, 6.45) is 1.08.